The second kappa shape index (κ2) is 4.21. The number of aromatic nitrogens is 1. The number of anilines is 1. The fourth-order valence-electron chi connectivity index (χ4n) is 2.10. The van der Waals surface area contributed by atoms with E-state index in [9.17, 15) is 0 Å². The summed E-state index contributed by atoms with van der Waals surface area (Å²) < 4.78 is 10.6. The monoisotopic (exact) mass is 264 g/mol. The van der Waals surface area contributed by atoms with Gasteiger partial charge in [0, 0.05) is 22.2 Å². The van der Waals surface area contributed by atoms with E-state index in [1.807, 2.05) is 12.1 Å². The summed E-state index contributed by atoms with van der Waals surface area (Å²) >= 11 is 6.33. The van der Waals surface area contributed by atoms with E-state index in [2.05, 4.69) is 5.16 Å². The first-order valence-corrected chi connectivity index (χ1v) is 6.17. The van der Waals surface area contributed by atoms with Gasteiger partial charge in [-0.05, 0) is 30.9 Å². The van der Waals surface area contributed by atoms with Crippen LogP contribution in [0.25, 0.3) is 11.3 Å². The van der Waals surface area contributed by atoms with Crippen molar-refractivity contribution in [3.63, 3.8) is 0 Å². The number of nitrogen functional groups attached to an aromatic ring is 1. The minimum Gasteiger partial charge on any atom is -0.496 e. The smallest absolute Gasteiger partial charge is 0.169 e. The van der Waals surface area contributed by atoms with Gasteiger partial charge >= 0.3 is 0 Å². The highest BCUT2D eigenvalue weighted by atomic mass is 35.5. The quantitative estimate of drug-likeness (QED) is 0.922. The van der Waals surface area contributed by atoms with Gasteiger partial charge in [0.05, 0.1) is 7.11 Å². The molecule has 0 bridgehead atoms. The average molecular weight is 265 g/mol. The molecule has 94 valence electrons. The van der Waals surface area contributed by atoms with E-state index in [4.69, 9.17) is 26.6 Å². The van der Waals surface area contributed by atoms with Crippen LogP contribution in [0.5, 0.6) is 5.75 Å². The number of benzene rings is 1. The minimum atomic E-state index is 0.353. The molecule has 0 aliphatic heterocycles. The number of methoxy groups -OCH3 is 1. The zero-order valence-electron chi connectivity index (χ0n) is 9.94. The Bertz CT molecular complexity index is 591. The van der Waals surface area contributed by atoms with Crippen LogP contribution in [0.2, 0.25) is 5.02 Å². The molecule has 18 heavy (non-hydrogen) atoms. The third-order valence-electron chi connectivity index (χ3n) is 3.11. The lowest BCUT2D eigenvalue weighted by molar-refractivity contribution is 0.409. The summed E-state index contributed by atoms with van der Waals surface area (Å²) in [7, 11) is 1.65. The second-order valence-electron chi connectivity index (χ2n) is 4.46. The summed E-state index contributed by atoms with van der Waals surface area (Å²) in [6.07, 6.45) is 2.34. The molecule has 1 aliphatic carbocycles. The molecule has 1 aromatic heterocycles. The maximum absolute atomic E-state index is 6.33. The fraction of sp³-hybridized carbons (Fsp3) is 0.308. The lowest BCUT2D eigenvalue weighted by atomic mass is 10.0. The van der Waals surface area contributed by atoms with Gasteiger partial charge in [-0.1, -0.05) is 16.8 Å². The van der Waals surface area contributed by atoms with Crippen LogP contribution in [-0.2, 0) is 0 Å². The van der Waals surface area contributed by atoms with E-state index in [-0.39, 0.29) is 0 Å². The number of ether oxygens (including phenoxy) is 1. The summed E-state index contributed by atoms with van der Waals surface area (Å²) in [5, 5.41) is 4.38. The average Bonchev–Trinajstić information content (AvgIpc) is 3.09. The third-order valence-corrected chi connectivity index (χ3v) is 3.42. The zero-order chi connectivity index (χ0) is 12.7. The molecule has 5 heteroatoms. The first-order valence-electron chi connectivity index (χ1n) is 5.79. The first-order chi connectivity index (χ1) is 8.69. The van der Waals surface area contributed by atoms with E-state index in [0.29, 0.717) is 22.5 Å². The van der Waals surface area contributed by atoms with E-state index in [1.54, 1.807) is 13.2 Å². The molecule has 1 fully saturated rings. The molecule has 0 amide bonds. The van der Waals surface area contributed by atoms with E-state index >= 15 is 0 Å². The van der Waals surface area contributed by atoms with Crippen LogP contribution in [-0.4, -0.2) is 12.3 Å². The normalized spacial score (nSPS) is 14.8. The Hall–Kier alpha value is -1.68. The number of rotatable bonds is 3. The Morgan fingerprint density at radius 2 is 2.17 bits per heavy atom. The molecule has 0 unspecified atom stereocenters. The van der Waals surface area contributed by atoms with Crippen LogP contribution in [0, 0.1) is 0 Å². The summed E-state index contributed by atoms with van der Waals surface area (Å²) in [6.45, 7) is 0. The van der Waals surface area contributed by atoms with Crippen molar-refractivity contribution in [2.24, 2.45) is 0 Å². The molecule has 0 radical (unpaired) electrons. The second-order valence-corrected chi connectivity index (χ2v) is 4.87. The van der Waals surface area contributed by atoms with Crippen molar-refractivity contribution >= 4 is 17.4 Å². The van der Waals surface area contributed by atoms with E-state index in [0.717, 1.165) is 16.9 Å². The van der Waals surface area contributed by atoms with Gasteiger partial charge in [0.2, 0.25) is 0 Å². The highest BCUT2D eigenvalue weighted by Gasteiger charge is 2.29. The van der Waals surface area contributed by atoms with Crippen LogP contribution in [0.3, 0.4) is 0 Å². The number of halogens is 1. The van der Waals surface area contributed by atoms with E-state index in [1.165, 1.54) is 12.8 Å². The molecular formula is C13H13ClN2O2. The minimum absolute atomic E-state index is 0.353. The van der Waals surface area contributed by atoms with Crippen molar-refractivity contribution < 1.29 is 9.26 Å². The number of nitrogens with two attached hydrogens (primary N) is 1. The maximum atomic E-state index is 6.33. The topological polar surface area (TPSA) is 61.3 Å². The third kappa shape index (κ3) is 1.93. The highest BCUT2D eigenvalue weighted by molar-refractivity contribution is 6.32. The Labute approximate surface area is 110 Å². The van der Waals surface area contributed by atoms with Crippen molar-refractivity contribution in [2.45, 2.75) is 18.8 Å². The molecule has 3 rings (SSSR count). The standard InChI is InChI=1S/C13H13ClN2O2/c1-17-11-5-8(10-6-12(15)16-18-10)4-9(14)13(11)7-2-3-7/h4-7H,2-3H2,1H3,(H2,15,16). The largest absolute Gasteiger partial charge is 0.496 e. The van der Waals surface area contributed by atoms with Gasteiger partial charge < -0.3 is 15.0 Å². The molecule has 1 heterocycles. The van der Waals surface area contributed by atoms with Gasteiger partial charge in [-0.3, -0.25) is 0 Å². The molecule has 2 aromatic rings. The molecular weight excluding hydrogens is 252 g/mol. The van der Waals surface area contributed by atoms with Crippen molar-refractivity contribution in [3.8, 4) is 17.1 Å². The SMILES string of the molecule is COc1cc(-c2cc(N)no2)cc(Cl)c1C1CC1. The summed E-state index contributed by atoms with van der Waals surface area (Å²) in [4.78, 5) is 0. The summed E-state index contributed by atoms with van der Waals surface area (Å²) in [6, 6.07) is 5.46. The molecule has 4 nitrogen and oxygen atoms in total. The van der Waals surface area contributed by atoms with Crippen molar-refractivity contribution in [1.29, 1.82) is 0 Å². The van der Waals surface area contributed by atoms with Gasteiger partial charge in [-0.25, -0.2) is 0 Å². The Morgan fingerprint density at radius 1 is 1.39 bits per heavy atom. The zero-order valence-corrected chi connectivity index (χ0v) is 10.7. The molecule has 0 atom stereocenters. The summed E-state index contributed by atoms with van der Waals surface area (Å²) in [5.41, 5.74) is 7.46. The van der Waals surface area contributed by atoms with Crippen LogP contribution in [0.15, 0.2) is 22.7 Å². The van der Waals surface area contributed by atoms with Gasteiger partial charge in [0.1, 0.15) is 5.75 Å². The Kier molecular flexibility index (Phi) is 2.67. The number of hydrogen-bond donors (Lipinski definition) is 1. The Morgan fingerprint density at radius 3 is 2.72 bits per heavy atom. The fourth-order valence-corrected chi connectivity index (χ4v) is 2.46. The van der Waals surface area contributed by atoms with Crippen LogP contribution >= 0.6 is 11.6 Å². The first kappa shape index (κ1) is 11.4. The molecule has 1 saturated carbocycles. The molecule has 1 aromatic carbocycles. The van der Waals surface area contributed by atoms with Crippen molar-refractivity contribution in [2.75, 3.05) is 12.8 Å². The molecule has 0 saturated heterocycles. The van der Waals surface area contributed by atoms with Crippen LogP contribution < -0.4 is 10.5 Å². The molecule has 1 aliphatic rings. The van der Waals surface area contributed by atoms with Crippen LogP contribution in [0.4, 0.5) is 5.82 Å². The highest BCUT2D eigenvalue weighted by Crippen LogP contribution is 2.48. The lowest BCUT2D eigenvalue weighted by Crippen LogP contribution is -1.92. The van der Waals surface area contributed by atoms with Gasteiger partial charge in [0.25, 0.3) is 0 Å². The Balaban J connectivity index is 2.09. The van der Waals surface area contributed by atoms with Gasteiger partial charge in [-0.2, -0.15) is 0 Å². The lowest BCUT2D eigenvalue weighted by Gasteiger charge is -2.11. The van der Waals surface area contributed by atoms with Gasteiger partial charge in [0.15, 0.2) is 11.6 Å². The summed E-state index contributed by atoms with van der Waals surface area (Å²) in [5.74, 6) is 2.28. The van der Waals surface area contributed by atoms with Crippen molar-refractivity contribution in [3.05, 3.63) is 28.8 Å². The number of nitrogens with zero attached hydrogens (tertiary/aromatic N) is 1. The molecule has 0 spiro atoms. The maximum Gasteiger partial charge on any atom is 0.169 e. The number of hydrogen-bond acceptors (Lipinski definition) is 4. The molecule has 2 N–H and O–H groups in total. The van der Waals surface area contributed by atoms with Gasteiger partial charge in [-0.15, -0.1) is 0 Å². The van der Waals surface area contributed by atoms with E-state index < -0.39 is 0 Å². The predicted molar refractivity (Wildman–Crippen MR) is 69.9 cm³/mol. The van der Waals surface area contributed by atoms with Crippen LogP contribution in [0.1, 0.15) is 24.3 Å². The van der Waals surface area contributed by atoms with Crippen molar-refractivity contribution in [1.82, 2.24) is 5.16 Å². The predicted octanol–water partition coefficient (Wildman–Crippen LogP) is 3.46.